The first-order chi connectivity index (χ1) is 32.3. The maximum atomic E-state index is 13.1. The number of amidine groups is 1. The van der Waals surface area contributed by atoms with Crippen molar-refractivity contribution < 1.29 is 71.8 Å². The van der Waals surface area contributed by atoms with Gasteiger partial charge in [0.25, 0.3) is 17.3 Å². The predicted octanol–water partition coefficient (Wildman–Crippen LogP) is 2.00. The molecule has 4 N–H and O–H groups in total. The lowest BCUT2D eigenvalue weighted by Gasteiger charge is -2.30. The van der Waals surface area contributed by atoms with Crippen molar-refractivity contribution in [2.24, 2.45) is 5.10 Å². The molecule has 3 heterocycles. The number of thiazole rings is 1. The Morgan fingerprint density at radius 1 is 0.783 bits per heavy atom. The number of nitro groups is 2. The van der Waals surface area contributed by atoms with Gasteiger partial charge in [-0.15, -0.1) is 10.2 Å². The smallest absolute Gasteiger partial charge is 0.323 e. The van der Waals surface area contributed by atoms with E-state index in [4.69, 9.17) is 14.5 Å². The zero-order valence-corrected chi connectivity index (χ0v) is 40.0. The third kappa shape index (κ3) is 10.8. The average molecular weight is 1070 g/mol. The molecule has 8 rings (SSSR count). The lowest BCUT2D eigenvalue weighted by atomic mass is 10.2. The van der Waals surface area contributed by atoms with E-state index in [-0.39, 0.29) is 17.0 Å². The van der Waals surface area contributed by atoms with Crippen molar-refractivity contribution in [3.63, 3.8) is 0 Å². The molecule has 1 aliphatic heterocycles. The quantitative estimate of drug-likeness (QED) is 0.0555. The number of para-hydroxylation sites is 2. The van der Waals surface area contributed by atoms with Gasteiger partial charge in [0.15, 0.2) is 32.2 Å². The van der Waals surface area contributed by atoms with Crippen molar-refractivity contribution >= 4 is 71.8 Å². The molecular formula is C40H35BrN12O13S3. The lowest BCUT2D eigenvalue weighted by molar-refractivity contribution is -0.733. The molecule has 0 fully saturated rings. The number of nitro benzene ring substituents is 2. The number of hydrazine groups is 2. The van der Waals surface area contributed by atoms with Crippen molar-refractivity contribution in [3.05, 3.63) is 146 Å². The van der Waals surface area contributed by atoms with Gasteiger partial charge in [-0.05, 0) is 67.2 Å². The molecule has 69 heavy (non-hydrogen) atoms. The number of carbonyl (C=O) groups excluding carboxylic acids is 1. The number of nitrogens with zero attached hydrogens (tertiary/aromatic N) is 10. The maximum absolute atomic E-state index is 13.1. The van der Waals surface area contributed by atoms with E-state index in [2.05, 4.69) is 33.1 Å². The molecule has 0 bridgehead atoms. The van der Waals surface area contributed by atoms with E-state index >= 15 is 0 Å². The predicted molar refractivity (Wildman–Crippen MR) is 243 cm³/mol. The summed E-state index contributed by atoms with van der Waals surface area (Å²) in [6.07, 6.45) is 0. The topological polar surface area (TPSA) is 321 Å². The number of tetrazole rings is 1. The normalized spacial score (nSPS) is 12.2. The van der Waals surface area contributed by atoms with E-state index in [1.165, 1.54) is 17.0 Å². The average Bonchev–Trinajstić information content (AvgIpc) is 4.05. The highest BCUT2D eigenvalue weighted by Crippen LogP contribution is 2.43. The summed E-state index contributed by atoms with van der Waals surface area (Å²) in [5.41, 5.74) is 2.62. The molecule has 0 saturated heterocycles. The molecule has 358 valence electrons. The number of carbonyl (C=O) groups is 1. The highest BCUT2D eigenvalue weighted by atomic mass is 79.9. The number of hydrazone groups is 1. The first-order valence-corrected chi connectivity index (χ1v) is 22.9. The van der Waals surface area contributed by atoms with Gasteiger partial charge in [0, 0.05) is 10.6 Å². The van der Waals surface area contributed by atoms with Crippen molar-refractivity contribution in [1.29, 1.82) is 0 Å². The van der Waals surface area contributed by atoms with E-state index < -0.39 is 85.9 Å². The molecule has 25 nitrogen and oxygen atoms in total. The lowest BCUT2D eigenvalue weighted by Crippen LogP contribution is -3.00. The number of aryl methyl sites for hydroxylation is 2. The molecule has 0 aliphatic carbocycles. The minimum absolute atomic E-state index is 0. The summed E-state index contributed by atoms with van der Waals surface area (Å²) in [4.78, 5) is 39.3. The number of nitrogens with one attached hydrogen (secondary N) is 2. The summed E-state index contributed by atoms with van der Waals surface area (Å²) < 4.78 is 80.2. The zero-order valence-electron chi connectivity index (χ0n) is 35.9. The molecule has 0 atom stereocenters. The Hall–Kier alpha value is -7.96. The Kier molecular flexibility index (Phi) is 15.0. The zero-order chi connectivity index (χ0) is 49.1. The van der Waals surface area contributed by atoms with Crippen LogP contribution in [-0.2, 0) is 25.0 Å². The van der Waals surface area contributed by atoms with Crippen molar-refractivity contribution in [2.75, 3.05) is 29.8 Å². The fraction of sp³-hybridized carbons (Fsp3) is 0.100. The highest BCUT2D eigenvalue weighted by Gasteiger charge is 2.39. The van der Waals surface area contributed by atoms with E-state index in [0.29, 0.717) is 35.1 Å². The van der Waals surface area contributed by atoms with E-state index in [0.717, 1.165) is 47.2 Å². The standard InChI is InChI=1S/C22H19N7O13S2.C18H16N5S.BrH/c1-41-17-8-15(28(31)32)19(43(35,36)37)10-13(17)26-24-21(22(30)23-12-6-4-3-5-7-12)25-27(26)14-11-20(44(38,39)40)16(29(33)34)9-18(14)42-2;1-13-14(2)24-18(19-13)22-17(15-9-5-3-6-10-15)20-21-23(22)16-11-7-4-8-12-16;/h3-11H,1-2H3,(H,23,30)(H,24,25)(H,35,36,37)(H,38,39,40);3-12H,1-2H3;1H/q;+1;/p-1. The molecule has 0 spiro atoms. The van der Waals surface area contributed by atoms with Crippen LogP contribution in [0.15, 0.2) is 130 Å². The Labute approximate surface area is 405 Å². The summed E-state index contributed by atoms with van der Waals surface area (Å²) >= 11 is 1.64. The van der Waals surface area contributed by atoms with E-state index in [1.807, 2.05) is 72.3 Å². The fourth-order valence-electron chi connectivity index (χ4n) is 6.34. The van der Waals surface area contributed by atoms with Gasteiger partial charge in [0.05, 0.1) is 52.6 Å². The van der Waals surface area contributed by atoms with Crippen LogP contribution in [0.4, 0.5) is 28.4 Å². The SMILES string of the molecule is COc1cc([N+](=O)[O-])c(S(=O)(=O)O)cc1N1N=C(C(=O)Nc2ccccc2)NN1c1cc(S(=O)(=O)O)c([N+](=O)[O-])cc1OC.Cc1nc(-n2c(-c3ccccc3)nn[n+]2-c2ccccc2)sc1C.[Br-]. The second-order valence-electron chi connectivity index (χ2n) is 13.9. The number of benzene rings is 5. The maximum Gasteiger partial charge on any atom is 0.323 e. The van der Waals surface area contributed by atoms with Crippen molar-refractivity contribution in [3.8, 4) is 33.7 Å². The number of aromatic nitrogens is 5. The van der Waals surface area contributed by atoms with Crippen LogP contribution in [0.5, 0.6) is 11.5 Å². The fourth-order valence-corrected chi connectivity index (χ4v) is 8.55. The summed E-state index contributed by atoms with van der Waals surface area (Å²) in [6.45, 7) is 4.10. The number of methoxy groups -OCH3 is 2. The molecule has 0 unspecified atom stereocenters. The van der Waals surface area contributed by atoms with Gasteiger partial charge in [0.2, 0.25) is 11.0 Å². The second kappa shape index (κ2) is 20.5. The molecular weight excluding hydrogens is 1030 g/mol. The Morgan fingerprint density at radius 3 is 1.78 bits per heavy atom. The number of hydrogen-bond acceptors (Lipinski definition) is 19. The minimum atomic E-state index is -5.26. The van der Waals surface area contributed by atoms with Gasteiger partial charge in [-0.3, -0.25) is 39.6 Å². The van der Waals surface area contributed by atoms with Gasteiger partial charge >= 0.3 is 26.1 Å². The number of hydrogen-bond donors (Lipinski definition) is 4. The summed E-state index contributed by atoms with van der Waals surface area (Å²) in [7, 11) is -8.44. The molecule has 1 aliphatic rings. The van der Waals surface area contributed by atoms with E-state index in [9.17, 15) is 51.0 Å². The molecule has 5 aromatic carbocycles. The van der Waals surface area contributed by atoms with Crippen molar-refractivity contribution in [1.82, 2.24) is 25.4 Å². The first-order valence-electron chi connectivity index (χ1n) is 19.2. The number of amides is 1. The molecule has 0 radical (unpaired) electrons. The van der Waals surface area contributed by atoms with Gasteiger partial charge in [-0.2, -0.15) is 22.0 Å². The van der Waals surface area contributed by atoms with Crippen LogP contribution in [0.1, 0.15) is 10.6 Å². The van der Waals surface area contributed by atoms with Gasteiger partial charge in [-0.25, -0.2) is 4.98 Å². The van der Waals surface area contributed by atoms with Crippen LogP contribution in [0.2, 0.25) is 0 Å². The summed E-state index contributed by atoms with van der Waals surface area (Å²) in [6, 6.07) is 30.4. The summed E-state index contributed by atoms with van der Waals surface area (Å²) in [5, 5.41) is 40.8. The number of rotatable bonds is 13. The highest BCUT2D eigenvalue weighted by molar-refractivity contribution is 7.86. The van der Waals surface area contributed by atoms with Crippen LogP contribution >= 0.6 is 11.3 Å². The molecule has 1 amide bonds. The molecule has 0 saturated carbocycles. The van der Waals surface area contributed by atoms with Gasteiger partial charge in [0.1, 0.15) is 11.4 Å². The van der Waals surface area contributed by atoms with Gasteiger partial charge in [-0.1, -0.05) is 70.6 Å². The molecule has 7 aromatic rings. The monoisotopic (exact) mass is 1070 g/mol. The van der Waals surface area contributed by atoms with Crippen molar-refractivity contribution in [2.45, 2.75) is 23.6 Å². The second-order valence-corrected chi connectivity index (χ2v) is 17.8. The Bertz CT molecular complexity index is 3270. The molecule has 29 heteroatoms. The van der Waals surface area contributed by atoms with Crippen LogP contribution in [0.25, 0.3) is 22.2 Å². The number of anilines is 3. The van der Waals surface area contributed by atoms with Crippen LogP contribution in [0, 0.1) is 34.1 Å². The number of ether oxygens (including phenoxy) is 2. The number of halogens is 1. The largest absolute Gasteiger partial charge is 1.00 e. The Balaban J connectivity index is 0.000000262. The third-order valence-electron chi connectivity index (χ3n) is 9.59. The summed E-state index contributed by atoms with van der Waals surface area (Å²) in [5.74, 6) is -1.59. The minimum Gasteiger partial charge on any atom is -1.00 e. The van der Waals surface area contributed by atoms with Crippen LogP contribution in [-0.4, -0.2) is 81.7 Å². The Morgan fingerprint density at radius 2 is 1.29 bits per heavy atom. The first kappa shape index (κ1) is 50.5. The molecule has 2 aromatic heterocycles. The van der Waals surface area contributed by atoms with Crippen LogP contribution < -0.4 is 52.2 Å². The van der Waals surface area contributed by atoms with E-state index in [1.54, 1.807) is 34.3 Å². The third-order valence-corrected chi connectivity index (χ3v) is 12.4. The van der Waals surface area contributed by atoms with Crippen LogP contribution in [0.3, 0.4) is 0 Å². The van der Waals surface area contributed by atoms with Gasteiger partial charge < -0.3 is 31.8 Å².